The summed E-state index contributed by atoms with van der Waals surface area (Å²) in [5.41, 5.74) is 2.48. The SMILES string of the molecule is CCN(Cc1ccc(-n2cccn2)cc1)CC1CCCN1. The molecule has 1 fully saturated rings. The third-order valence-corrected chi connectivity index (χ3v) is 4.20. The van der Waals surface area contributed by atoms with E-state index < -0.39 is 0 Å². The summed E-state index contributed by atoms with van der Waals surface area (Å²) < 4.78 is 1.89. The molecule has 1 aliphatic rings. The quantitative estimate of drug-likeness (QED) is 0.884. The summed E-state index contributed by atoms with van der Waals surface area (Å²) in [4.78, 5) is 2.52. The van der Waals surface area contributed by atoms with E-state index in [4.69, 9.17) is 0 Å². The Morgan fingerprint density at radius 3 is 2.81 bits per heavy atom. The van der Waals surface area contributed by atoms with Crippen molar-refractivity contribution < 1.29 is 0 Å². The molecule has 0 spiro atoms. The molecule has 3 rings (SSSR count). The molecule has 1 aromatic heterocycles. The van der Waals surface area contributed by atoms with Gasteiger partial charge in [0.1, 0.15) is 0 Å². The Morgan fingerprint density at radius 2 is 2.19 bits per heavy atom. The van der Waals surface area contributed by atoms with Crippen molar-refractivity contribution in [2.24, 2.45) is 0 Å². The lowest BCUT2D eigenvalue weighted by Gasteiger charge is -2.24. The first-order chi connectivity index (χ1) is 10.3. The predicted octanol–water partition coefficient (Wildman–Crippen LogP) is 2.45. The number of nitrogens with zero attached hydrogens (tertiary/aromatic N) is 3. The Labute approximate surface area is 126 Å². The summed E-state index contributed by atoms with van der Waals surface area (Å²) in [5.74, 6) is 0. The van der Waals surface area contributed by atoms with Crippen molar-refractivity contribution >= 4 is 0 Å². The fourth-order valence-electron chi connectivity index (χ4n) is 2.96. The van der Waals surface area contributed by atoms with Crippen LogP contribution in [0.1, 0.15) is 25.3 Å². The molecule has 112 valence electrons. The minimum absolute atomic E-state index is 0.674. The van der Waals surface area contributed by atoms with Gasteiger partial charge in [0, 0.05) is 31.5 Å². The average molecular weight is 284 g/mol. The summed E-state index contributed by atoms with van der Waals surface area (Å²) in [6.07, 6.45) is 6.41. The second-order valence-electron chi connectivity index (χ2n) is 5.74. The summed E-state index contributed by atoms with van der Waals surface area (Å²) in [7, 11) is 0. The van der Waals surface area contributed by atoms with Gasteiger partial charge < -0.3 is 5.32 Å². The number of nitrogens with one attached hydrogen (secondary N) is 1. The normalized spacial score (nSPS) is 18.5. The maximum absolute atomic E-state index is 4.26. The highest BCUT2D eigenvalue weighted by Gasteiger charge is 2.17. The molecule has 0 saturated carbocycles. The second-order valence-corrected chi connectivity index (χ2v) is 5.74. The Hall–Kier alpha value is -1.65. The Bertz CT molecular complexity index is 526. The number of hydrogen-bond donors (Lipinski definition) is 1. The molecule has 1 unspecified atom stereocenters. The van der Waals surface area contributed by atoms with Gasteiger partial charge in [0.05, 0.1) is 5.69 Å². The van der Waals surface area contributed by atoms with Crippen LogP contribution >= 0.6 is 0 Å². The van der Waals surface area contributed by atoms with Crippen LogP contribution in [0.4, 0.5) is 0 Å². The molecule has 0 aliphatic carbocycles. The van der Waals surface area contributed by atoms with Crippen molar-refractivity contribution in [1.29, 1.82) is 0 Å². The van der Waals surface area contributed by atoms with Crippen molar-refractivity contribution in [2.45, 2.75) is 32.4 Å². The zero-order valence-electron chi connectivity index (χ0n) is 12.7. The van der Waals surface area contributed by atoms with Crippen molar-refractivity contribution in [3.8, 4) is 5.69 Å². The predicted molar refractivity (Wildman–Crippen MR) is 85.5 cm³/mol. The molecule has 21 heavy (non-hydrogen) atoms. The standard InChI is InChI=1S/C17H24N4/c1-2-20(14-16-5-3-10-18-16)13-15-6-8-17(9-7-15)21-12-4-11-19-21/h4,6-9,11-12,16,18H,2-3,5,10,13-14H2,1H3. The molecular formula is C17H24N4. The largest absolute Gasteiger partial charge is 0.313 e. The van der Waals surface area contributed by atoms with Crippen molar-refractivity contribution in [3.05, 3.63) is 48.3 Å². The maximum atomic E-state index is 4.26. The van der Waals surface area contributed by atoms with Crippen LogP contribution in [0.15, 0.2) is 42.7 Å². The molecule has 1 saturated heterocycles. The molecule has 0 amide bonds. The van der Waals surface area contributed by atoms with E-state index in [-0.39, 0.29) is 0 Å². The molecule has 1 aromatic carbocycles. The van der Waals surface area contributed by atoms with E-state index >= 15 is 0 Å². The molecule has 2 heterocycles. The van der Waals surface area contributed by atoms with Gasteiger partial charge in [-0.3, -0.25) is 4.90 Å². The Morgan fingerprint density at radius 1 is 1.33 bits per heavy atom. The first kappa shape index (κ1) is 14.3. The van der Waals surface area contributed by atoms with Gasteiger partial charge in [-0.1, -0.05) is 19.1 Å². The maximum Gasteiger partial charge on any atom is 0.0645 e. The Kier molecular flexibility index (Phi) is 4.68. The van der Waals surface area contributed by atoms with Crippen LogP contribution in [-0.4, -0.2) is 40.4 Å². The van der Waals surface area contributed by atoms with Crippen LogP contribution in [0.3, 0.4) is 0 Å². The summed E-state index contributed by atoms with van der Waals surface area (Å²) in [6, 6.07) is 11.3. The lowest BCUT2D eigenvalue weighted by atomic mass is 10.1. The van der Waals surface area contributed by atoms with E-state index in [2.05, 4.69) is 46.5 Å². The highest BCUT2D eigenvalue weighted by atomic mass is 15.3. The third-order valence-electron chi connectivity index (χ3n) is 4.20. The molecular weight excluding hydrogens is 260 g/mol. The van der Waals surface area contributed by atoms with E-state index in [1.165, 1.54) is 24.9 Å². The zero-order valence-corrected chi connectivity index (χ0v) is 12.7. The molecule has 1 aliphatic heterocycles. The van der Waals surface area contributed by atoms with E-state index in [1.54, 1.807) is 6.20 Å². The number of hydrogen-bond acceptors (Lipinski definition) is 3. The van der Waals surface area contributed by atoms with Crippen molar-refractivity contribution in [3.63, 3.8) is 0 Å². The molecule has 0 bridgehead atoms. The van der Waals surface area contributed by atoms with E-state index in [1.807, 2.05) is 16.9 Å². The lowest BCUT2D eigenvalue weighted by Crippen LogP contribution is -2.37. The van der Waals surface area contributed by atoms with Crippen LogP contribution in [0.2, 0.25) is 0 Å². The smallest absolute Gasteiger partial charge is 0.0645 e. The van der Waals surface area contributed by atoms with Gasteiger partial charge in [0.25, 0.3) is 0 Å². The molecule has 2 aromatic rings. The van der Waals surface area contributed by atoms with E-state index in [9.17, 15) is 0 Å². The van der Waals surface area contributed by atoms with Crippen LogP contribution in [-0.2, 0) is 6.54 Å². The van der Waals surface area contributed by atoms with Gasteiger partial charge in [0.2, 0.25) is 0 Å². The van der Waals surface area contributed by atoms with Gasteiger partial charge in [-0.25, -0.2) is 4.68 Å². The first-order valence-electron chi connectivity index (χ1n) is 7.90. The fraction of sp³-hybridized carbons (Fsp3) is 0.471. The molecule has 4 heteroatoms. The van der Waals surface area contributed by atoms with Crippen LogP contribution in [0.5, 0.6) is 0 Å². The zero-order chi connectivity index (χ0) is 14.5. The number of rotatable bonds is 6. The highest BCUT2D eigenvalue weighted by Crippen LogP contribution is 2.13. The van der Waals surface area contributed by atoms with Crippen LogP contribution in [0, 0.1) is 0 Å². The van der Waals surface area contributed by atoms with Gasteiger partial charge in [0.15, 0.2) is 0 Å². The topological polar surface area (TPSA) is 33.1 Å². The third kappa shape index (κ3) is 3.71. The van der Waals surface area contributed by atoms with Gasteiger partial charge in [-0.2, -0.15) is 5.10 Å². The summed E-state index contributed by atoms with van der Waals surface area (Å²) in [6.45, 7) is 6.69. The highest BCUT2D eigenvalue weighted by molar-refractivity contribution is 5.33. The lowest BCUT2D eigenvalue weighted by molar-refractivity contribution is 0.253. The molecule has 4 nitrogen and oxygen atoms in total. The summed E-state index contributed by atoms with van der Waals surface area (Å²) >= 11 is 0. The van der Waals surface area contributed by atoms with Crippen molar-refractivity contribution in [2.75, 3.05) is 19.6 Å². The summed E-state index contributed by atoms with van der Waals surface area (Å²) in [5, 5.41) is 7.84. The van der Waals surface area contributed by atoms with E-state index in [0.717, 1.165) is 25.3 Å². The fourth-order valence-corrected chi connectivity index (χ4v) is 2.96. The van der Waals surface area contributed by atoms with Crippen LogP contribution in [0.25, 0.3) is 5.69 Å². The first-order valence-corrected chi connectivity index (χ1v) is 7.90. The number of aromatic nitrogens is 2. The van der Waals surface area contributed by atoms with Crippen LogP contribution < -0.4 is 5.32 Å². The number of benzene rings is 1. The minimum Gasteiger partial charge on any atom is -0.313 e. The average Bonchev–Trinajstić information content (AvgIpc) is 3.21. The minimum atomic E-state index is 0.674. The molecule has 0 radical (unpaired) electrons. The second kappa shape index (κ2) is 6.87. The van der Waals surface area contributed by atoms with Gasteiger partial charge in [-0.05, 0) is 49.7 Å². The number of likely N-dealkylation sites (N-methyl/N-ethyl adjacent to an activating group) is 1. The monoisotopic (exact) mass is 284 g/mol. The molecule has 1 N–H and O–H groups in total. The van der Waals surface area contributed by atoms with Crippen molar-refractivity contribution in [1.82, 2.24) is 20.0 Å². The Balaban J connectivity index is 1.60. The van der Waals surface area contributed by atoms with E-state index in [0.29, 0.717) is 6.04 Å². The van der Waals surface area contributed by atoms with Gasteiger partial charge in [-0.15, -0.1) is 0 Å². The van der Waals surface area contributed by atoms with Gasteiger partial charge >= 0.3 is 0 Å². The molecule has 1 atom stereocenters.